The third kappa shape index (κ3) is 8.77. The number of carbonyl (C=O) groups is 5. The summed E-state index contributed by atoms with van der Waals surface area (Å²) in [6, 6.07) is 8.83. The maximum Gasteiger partial charge on any atom is 0.326 e. The Kier molecular flexibility index (Phi) is 9.94. The van der Waals surface area contributed by atoms with Crippen LogP contribution in [0.25, 0.3) is 10.9 Å². The predicted molar refractivity (Wildman–Crippen MR) is 147 cm³/mol. The Morgan fingerprint density at radius 1 is 0.805 bits per heavy atom. The SMILES string of the molecule is Nc1nc(N)c2cc(NCc3ccc(C(=O)N[C@@H](CCC(=O)O)C(=O)N[C@@H](CCC(=O)O)C(=O)O)cc3)ccc2n1. The highest BCUT2D eigenvalue weighted by Gasteiger charge is 2.27. The van der Waals surface area contributed by atoms with Gasteiger partial charge in [-0.25, -0.2) is 9.78 Å². The van der Waals surface area contributed by atoms with Crippen molar-refractivity contribution in [1.82, 2.24) is 20.6 Å². The van der Waals surface area contributed by atoms with Crippen LogP contribution in [0.2, 0.25) is 0 Å². The lowest BCUT2D eigenvalue weighted by Gasteiger charge is -2.21. The zero-order valence-corrected chi connectivity index (χ0v) is 21.7. The molecule has 1 heterocycles. The van der Waals surface area contributed by atoms with Gasteiger partial charge in [-0.3, -0.25) is 19.2 Å². The Labute approximate surface area is 233 Å². The number of benzene rings is 2. The van der Waals surface area contributed by atoms with Crippen LogP contribution in [0, 0.1) is 0 Å². The average Bonchev–Trinajstić information content (AvgIpc) is 2.91. The van der Waals surface area contributed by atoms with Crippen molar-refractivity contribution in [2.75, 3.05) is 16.8 Å². The van der Waals surface area contributed by atoms with Gasteiger partial charge < -0.3 is 42.7 Å². The van der Waals surface area contributed by atoms with Crippen molar-refractivity contribution in [2.24, 2.45) is 0 Å². The zero-order valence-electron chi connectivity index (χ0n) is 21.7. The molecule has 216 valence electrons. The molecule has 0 fully saturated rings. The van der Waals surface area contributed by atoms with Crippen molar-refractivity contribution in [2.45, 2.75) is 44.3 Å². The lowest BCUT2D eigenvalue weighted by molar-refractivity contribution is -0.143. The van der Waals surface area contributed by atoms with Crippen molar-refractivity contribution in [3.05, 3.63) is 53.6 Å². The van der Waals surface area contributed by atoms with Gasteiger partial charge in [0.15, 0.2) is 0 Å². The molecule has 3 aromatic rings. The first-order valence-electron chi connectivity index (χ1n) is 12.4. The molecule has 0 spiro atoms. The number of aromatic nitrogens is 2. The summed E-state index contributed by atoms with van der Waals surface area (Å²) in [5.74, 6) is -5.23. The van der Waals surface area contributed by atoms with E-state index in [0.717, 1.165) is 11.3 Å². The minimum atomic E-state index is -1.53. The standard InChI is InChI=1S/C26H29N7O8/c27-22-16-11-15(5-6-17(16)32-26(28)33-22)29-12-13-1-3-14(4-2-13)23(38)30-18(7-9-20(34)35)24(39)31-19(25(40)41)8-10-21(36)37/h1-6,11,18-19,29H,7-10,12H2,(H,30,38)(H,31,39)(H,34,35)(H,36,37)(H,40,41)(H4,27,28,32,33)/t18-,19-/m0/s1. The molecule has 0 saturated heterocycles. The van der Waals surface area contributed by atoms with E-state index in [0.29, 0.717) is 17.4 Å². The monoisotopic (exact) mass is 567 g/mol. The van der Waals surface area contributed by atoms with Gasteiger partial charge in [-0.1, -0.05) is 12.1 Å². The Balaban J connectivity index is 1.64. The Bertz CT molecular complexity index is 1460. The number of nitrogens with one attached hydrogen (secondary N) is 3. The molecule has 41 heavy (non-hydrogen) atoms. The lowest BCUT2D eigenvalue weighted by Crippen LogP contribution is -2.51. The van der Waals surface area contributed by atoms with E-state index < -0.39 is 54.6 Å². The number of nitrogens with two attached hydrogens (primary N) is 2. The molecular formula is C26H29N7O8. The van der Waals surface area contributed by atoms with E-state index in [1.807, 2.05) is 0 Å². The summed E-state index contributed by atoms with van der Waals surface area (Å²) in [5.41, 5.74) is 13.9. The summed E-state index contributed by atoms with van der Waals surface area (Å²) in [6.07, 6.45) is -1.69. The average molecular weight is 568 g/mol. The molecule has 15 nitrogen and oxygen atoms in total. The zero-order chi connectivity index (χ0) is 30.1. The maximum absolute atomic E-state index is 12.8. The molecule has 0 saturated carbocycles. The van der Waals surface area contributed by atoms with Gasteiger partial charge in [-0.2, -0.15) is 4.98 Å². The van der Waals surface area contributed by atoms with Crippen molar-refractivity contribution in [1.29, 1.82) is 0 Å². The second kappa shape index (κ2) is 13.5. The van der Waals surface area contributed by atoms with E-state index in [2.05, 4.69) is 25.9 Å². The number of carboxylic acid groups (broad SMARTS) is 3. The summed E-state index contributed by atoms with van der Waals surface area (Å²) >= 11 is 0. The number of fused-ring (bicyclic) bond motifs is 1. The quantitative estimate of drug-likeness (QED) is 0.134. The van der Waals surface area contributed by atoms with E-state index in [4.69, 9.17) is 21.7 Å². The third-order valence-electron chi connectivity index (χ3n) is 5.99. The second-order valence-corrected chi connectivity index (χ2v) is 9.04. The molecule has 1 aromatic heterocycles. The van der Waals surface area contributed by atoms with Crippen LogP contribution in [0.1, 0.15) is 41.6 Å². The summed E-state index contributed by atoms with van der Waals surface area (Å²) in [5, 5.41) is 35.6. The highest BCUT2D eigenvalue weighted by molar-refractivity contribution is 5.98. The van der Waals surface area contributed by atoms with Gasteiger partial charge >= 0.3 is 17.9 Å². The van der Waals surface area contributed by atoms with Crippen molar-refractivity contribution in [3.63, 3.8) is 0 Å². The van der Waals surface area contributed by atoms with Crippen LogP contribution >= 0.6 is 0 Å². The van der Waals surface area contributed by atoms with Crippen LogP contribution in [-0.4, -0.2) is 67.1 Å². The Morgan fingerprint density at radius 2 is 1.44 bits per heavy atom. The van der Waals surface area contributed by atoms with Crippen LogP contribution in [0.5, 0.6) is 0 Å². The molecule has 2 aromatic carbocycles. The van der Waals surface area contributed by atoms with Gasteiger partial charge in [0, 0.05) is 36.0 Å². The molecule has 2 atom stereocenters. The van der Waals surface area contributed by atoms with E-state index in [1.54, 1.807) is 30.3 Å². The van der Waals surface area contributed by atoms with E-state index in [1.165, 1.54) is 12.1 Å². The Morgan fingerprint density at radius 3 is 2.05 bits per heavy atom. The number of nitrogen functional groups attached to an aromatic ring is 2. The molecule has 2 amide bonds. The van der Waals surface area contributed by atoms with Crippen molar-refractivity contribution in [3.8, 4) is 0 Å². The normalized spacial score (nSPS) is 12.2. The summed E-state index contributed by atoms with van der Waals surface area (Å²) < 4.78 is 0. The highest BCUT2D eigenvalue weighted by Crippen LogP contribution is 2.23. The molecule has 15 heteroatoms. The smallest absolute Gasteiger partial charge is 0.326 e. The Hall–Kier alpha value is -5.47. The number of rotatable bonds is 14. The van der Waals surface area contributed by atoms with Gasteiger partial charge in [-0.05, 0) is 48.7 Å². The van der Waals surface area contributed by atoms with Crippen LogP contribution in [-0.2, 0) is 25.7 Å². The molecule has 0 unspecified atom stereocenters. The molecule has 0 aliphatic carbocycles. The van der Waals surface area contributed by atoms with Crippen molar-refractivity contribution >= 4 is 58.1 Å². The van der Waals surface area contributed by atoms with E-state index >= 15 is 0 Å². The first kappa shape index (κ1) is 30.1. The maximum atomic E-state index is 12.8. The number of hydrogen-bond acceptors (Lipinski definition) is 10. The van der Waals surface area contributed by atoms with Gasteiger partial charge in [0.05, 0.1) is 5.52 Å². The number of hydrogen-bond donors (Lipinski definition) is 8. The van der Waals surface area contributed by atoms with Crippen LogP contribution < -0.4 is 27.4 Å². The summed E-state index contributed by atoms with van der Waals surface area (Å²) in [4.78, 5) is 66.9. The number of aliphatic carboxylic acids is 3. The number of anilines is 3. The first-order valence-corrected chi connectivity index (χ1v) is 12.4. The summed E-state index contributed by atoms with van der Waals surface area (Å²) in [6.45, 7) is 0.389. The topological polar surface area (TPSA) is 260 Å². The fraction of sp³-hybridized carbons (Fsp3) is 0.269. The minimum absolute atomic E-state index is 0.0777. The van der Waals surface area contributed by atoms with Crippen LogP contribution in [0.4, 0.5) is 17.5 Å². The molecule has 0 bridgehead atoms. The van der Waals surface area contributed by atoms with E-state index in [9.17, 15) is 29.1 Å². The third-order valence-corrected chi connectivity index (χ3v) is 5.99. The van der Waals surface area contributed by atoms with Gasteiger partial charge in [0.1, 0.15) is 17.9 Å². The molecular weight excluding hydrogens is 538 g/mol. The molecule has 0 aliphatic heterocycles. The fourth-order valence-electron chi connectivity index (χ4n) is 3.83. The molecule has 0 radical (unpaired) electrons. The van der Waals surface area contributed by atoms with Crippen LogP contribution in [0.3, 0.4) is 0 Å². The minimum Gasteiger partial charge on any atom is -0.481 e. The largest absolute Gasteiger partial charge is 0.481 e. The van der Waals surface area contributed by atoms with Crippen LogP contribution in [0.15, 0.2) is 42.5 Å². The molecule has 10 N–H and O–H groups in total. The number of nitrogens with zero attached hydrogens (tertiary/aromatic N) is 2. The van der Waals surface area contributed by atoms with Gasteiger partial charge in [0.25, 0.3) is 5.91 Å². The number of carboxylic acids is 3. The number of carbonyl (C=O) groups excluding carboxylic acids is 2. The first-order chi connectivity index (χ1) is 19.4. The molecule has 0 aliphatic rings. The summed E-state index contributed by atoms with van der Waals surface area (Å²) in [7, 11) is 0. The van der Waals surface area contributed by atoms with Gasteiger partial charge in [0.2, 0.25) is 11.9 Å². The lowest BCUT2D eigenvalue weighted by atomic mass is 10.1. The second-order valence-electron chi connectivity index (χ2n) is 9.04. The number of amides is 2. The van der Waals surface area contributed by atoms with E-state index in [-0.39, 0.29) is 30.2 Å². The highest BCUT2D eigenvalue weighted by atomic mass is 16.4. The van der Waals surface area contributed by atoms with Crippen molar-refractivity contribution < 1.29 is 39.3 Å². The molecule has 3 rings (SSSR count). The fourth-order valence-corrected chi connectivity index (χ4v) is 3.83. The van der Waals surface area contributed by atoms with Gasteiger partial charge in [-0.15, -0.1) is 0 Å². The predicted octanol–water partition coefficient (Wildman–Crippen LogP) is 0.804.